The highest BCUT2D eigenvalue weighted by Crippen LogP contribution is 2.28. The number of benzene rings is 3. The Kier molecular flexibility index (Phi) is 7.28. The smallest absolute Gasteiger partial charge is 0.241 e. The van der Waals surface area contributed by atoms with Gasteiger partial charge in [0, 0.05) is 30.1 Å². The van der Waals surface area contributed by atoms with E-state index in [0.29, 0.717) is 31.1 Å². The average molecular weight is 456 g/mol. The molecule has 0 spiro atoms. The van der Waals surface area contributed by atoms with E-state index in [-0.39, 0.29) is 5.91 Å². The first-order chi connectivity index (χ1) is 16.5. The molecule has 4 aromatic rings. The van der Waals surface area contributed by atoms with Crippen LogP contribution in [-0.4, -0.2) is 23.8 Å². The van der Waals surface area contributed by atoms with Gasteiger partial charge in [-0.1, -0.05) is 42.5 Å². The van der Waals surface area contributed by atoms with Crippen molar-refractivity contribution in [1.82, 2.24) is 9.99 Å². The van der Waals surface area contributed by atoms with Crippen molar-refractivity contribution in [1.29, 1.82) is 0 Å². The lowest BCUT2D eigenvalue weighted by Crippen LogP contribution is -2.19. The van der Waals surface area contributed by atoms with E-state index in [0.717, 1.165) is 16.6 Å². The Morgan fingerprint density at radius 1 is 1.00 bits per heavy atom. The maximum atomic E-state index is 12.3. The van der Waals surface area contributed by atoms with Crippen LogP contribution < -0.4 is 14.9 Å². The van der Waals surface area contributed by atoms with Gasteiger partial charge in [-0.3, -0.25) is 4.79 Å². The number of carbonyl (C=O) groups excluding carboxylic acids is 1. The Labute approximate surface area is 199 Å². The Morgan fingerprint density at radius 2 is 1.82 bits per heavy atom. The molecule has 0 unspecified atom stereocenters. The summed E-state index contributed by atoms with van der Waals surface area (Å²) in [5.41, 5.74) is 8.10. The standard InChI is InChI=1S/C28H29N3O3/c1-20-8-7-11-24-28(20)21(2)18-31(24)15-14-27(32)30-29-17-23-12-13-25(26(16-23)33-3)34-19-22-9-5-4-6-10-22/h4-13,16-18H,14-15,19H2,1-3H3,(H,30,32)/b29-17+. The summed E-state index contributed by atoms with van der Waals surface area (Å²) in [4.78, 5) is 12.3. The maximum absolute atomic E-state index is 12.3. The molecule has 0 saturated carbocycles. The van der Waals surface area contributed by atoms with Crippen LogP contribution in [0.3, 0.4) is 0 Å². The van der Waals surface area contributed by atoms with E-state index in [9.17, 15) is 4.79 Å². The molecular weight excluding hydrogens is 426 g/mol. The number of aromatic nitrogens is 1. The van der Waals surface area contributed by atoms with E-state index in [2.05, 4.69) is 47.3 Å². The van der Waals surface area contributed by atoms with Crippen molar-refractivity contribution < 1.29 is 14.3 Å². The molecule has 174 valence electrons. The summed E-state index contributed by atoms with van der Waals surface area (Å²) in [5, 5.41) is 5.36. The van der Waals surface area contributed by atoms with E-state index >= 15 is 0 Å². The minimum Gasteiger partial charge on any atom is -0.493 e. The number of hydrogen-bond donors (Lipinski definition) is 1. The zero-order chi connectivity index (χ0) is 23.9. The van der Waals surface area contributed by atoms with Gasteiger partial charge < -0.3 is 14.0 Å². The molecule has 0 aliphatic rings. The van der Waals surface area contributed by atoms with Crippen molar-refractivity contribution >= 4 is 23.0 Å². The molecule has 1 heterocycles. The van der Waals surface area contributed by atoms with Crippen molar-refractivity contribution in [2.75, 3.05) is 7.11 Å². The first-order valence-electron chi connectivity index (χ1n) is 11.3. The Morgan fingerprint density at radius 3 is 2.62 bits per heavy atom. The molecule has 4 rings (SSSR count). The Bertz CT molecular complexity index is 1310. The average Bonchev–Trinajstić information content (AvgIpc) is 3.19. The number of aryl methyl sites for hydroxylation is 3. The fraction of sp³-hybridized carbons (Fsp3) is 0.214. The third kappa shape index (κ3) is 5.46. The van der Waals surface area contributed by atoms with Crippen LogP contribution in [0.4, 0.5) is 0 Å². The van der Waals surface area contributed by atoms with E-state index in [1.54, 1.807) is 13.3 Å². The van der Waals surface area contributed by atoms with Gasteiger partial charge in [0.25, 0.3) is 0 Å². The summed E-state index contributed by atoms with van der Waals surface area (Å²) < 4.78 is 13.5. The van der Waals surface area contributed by atoms with Gasteiger partial charge in [-0.25, -0.2) is 5.43 Å². The lowest BCUT2D eigenvalue weighted by atomic mass is 10.1. The van der Waals surface area contributed by atoms with Gasteiger partial charge in [-0.2, -0.15) is 5.10 Å². The molecule has 34 heavy (non-hydrogen) atoms. The van der Waals surface area contributed by atoms with E-state index < -0.39 is 0 Å². The van der Waals surface area contributed by atoms with Crippen molar-refractivity contribution in [2.24, 2.45) is 5.10 Å². The third-order valence-corrected chi connectivity index (χ3v) is 5.71. The molecule has 1 amide bonds. The summed E-state index contributed by atoms with van der Waals surface area (Å²) in [7, 11) is 1.60. The number of methoxy groups -OCH3 is 1. The predicted molar refractivity (Wildman–Crippen MR) is 136 cm³/mol. The van der Waals surface area contributed by atoms with Crippen LogP contribution in [0.1, 0.15) is 28.7 Å². The fourth-order valence-electron chi connectivity index (χ4n) is 4.03. The second-order valence-corrected chi connectivity index (χ2v) is 8.20. The summed E-state index contributed by atoms with van der Waals surface area (Å²) in [5.74, 6) is 1.12. The van der Waals surface area contributed by atoms with Crippen LogP contribution >= 0.6 is 0 Å². The van der Waals surface area contributed by atoms with Gasteiger partial charge in [-0.05, 0) is 60.4 Å². The normalized spacial score (nSPS) is 11.1. The number of amides is 1. The molecule has 1 N–H and O–H groups in total. The van der Waals surface area contributed by atoms with Gasteiger partial charge in [0.2, 0.25) is 5.91 Å². The van der Waals surface area contributed by atoms with Crippen molar-refractivity contribution in [2.45, 2.75) is 33.4 Å². The molecule has 0 aliphatic heterocycles. The minimum absolute atomic E-state index is 0.141. The molecule has 0 atom stereocenters. The lowest BCUT2D eigenvalue weighted by Gasteiger charge is -2.11. The van der Waals surface area contributed by atoms with Crippen LogP contribution in [0.5, 0.6) is 11.5 Å². The number of rotatable bonds is 9. The summed E-state index contributed by atoms with van der Waals surface area (Å²) in [6.07, 6.45) is 4.03. The number of carbonyl (C=O) groups is 1. The number of hydrogen-bond acceptors (Lipinski definition) is 4. The van der Waals surface area contributed by atoms with E-state index in [1.807, 2.05) is 54.6 Å². The minimum atomic E-state index is -0.141. The topological polar surface area (TPSA) is 64.8 Å². The molecule has 0 bridgehead atoms. The SMILES string of the molecule is COc1cc(/C=N/NC(=O)CCn2cc(C)c3c(C)cccc32)ccc1OCc1ccccc1. The summed E-state index contributed by atoms with van der Waals surface area (Å²) in [6.45, 7) is 5.26. The lowest BCUT2D eigenvalue weighted by molar-refractivity contribution is -0.121. The van der Waals surface area contributed by atoms with Gasteiger partial charge in [-0.15, -0.1) is 0 Å². The Balaban J connectivity index is 1.32. The predicted octanol–water partition coefficient (Wildman–Crippen LogP) is 5.39. The number of ether oxygens (including phenoxy) is 2. The first kappa shape index (κ1) is 23.1. The highest BCUT2D eigenvalue weighted by atomic mass is 16.5. The van der Waals surface area contributed by atoms with Crippen LogP contribution in [0.25, 0.3) is 10.9 Å². The van der Waals surface area contributed by atoms with Crippen LogP contribution in [0.15, 0.2) is 78.0 Å². The maximum Gasteiger partial charge on any atom is 0.241 e. The van der Waals surface area contributed by atoms with Gasteiger partial charge >= 0.3 is 0 Å². The number of nitrogens with zero attached hydrogens (tertiary/aromatic N) is 2. The largest absolute Gasteiger partial charge is 0.493 e. The zero-order valence-corrected chi connectivity index (χ0v) is 19.7. The van der Waals surface area contributed by atoms with Crippen molar-refractivity contribution in [3.8, 4) is 11.5 Å². The highest BCUT2D eigenvalue weighted by molar-refractivity contribution is 5.87. The molecule has 0 radical (unpaired) electrons. The van der Waals surface area contributed by atoms with Crippen LogP contribution in [0.2, 0.25) is 0 Å². The first-order valence-corrected chi connectivity index (χ1v) is 11.3. The van der Waals surface area contributed by atoms with Crippen LogP contribution in [0, 0.1) is 13.8 Å². The van der Waals surface area contributed by atoms with Crippen molar-refractivity contribution in [3.63, 3.8) is 0 Å². The molecule has 3 aromatic carbocycles. The zero-order valence-electron chi connectivity index (χ0n) is 19.7. The second kappa shape index (κ2) is 10.7. The summed E-state index contributed by atoms with van der Waals surface area (Å²) >= 11 is 0. The molecule has 6 heteroatoms. The molecule has 0 fully saturated rings. The third-order valence-electron chi connectivity index (χ3n) is 5.71. The number of hydrazone groups is 1. The molecular formula is C28H29N3O3. The molecule has 0 aliphatic carbocycles. The Hall–Kier alpha value is -4.06. The van der Waals surface area contributed by atoms with Gasteiger partial charge in [0.05, 0.1) is 13.3 Å². The number of fused-ring (bicyclic) bond motifs is 1. The van der Waals surface area contributed by atoms with Gasteiger partial charge in [0.1, 0.15) is 6.61 Å². The monoisotopic (exact) mass is 455 g/mol. The van der Waals surface area contributed by atoms with Crippen molar-refractivity contribution in [3.05, 3.63) is 95.2 Å². The van der Waals surface area contributed by atoms with Gasteiger partial charge in [0.15, 0.2) is 11.5 Å². The fourth-order valence-corrected chi connectivity index (χ4v) is 4.03. The quantitative estimate of drug-likeness (QED) is 0.272. The molecule has 6 nitrogen and oxygen atoms in total. The second-order valence-electron chi connectivity index (χ2n) is 8.20. The van der Waals surface area contributed by atoms with E-state index in [1.165, 1.54) is 16.5 Å². The highest BCUT2D eigenvalue weighted by Gasteiger charge is 2.09. The molecule has 1 aromatic heterocycles. The van der Waals surface area contributed by atoms with Crippen LogP contribution in [-0.2, 0) is 17.9 Å². The summed E-state index contributed by atoms with van der Waals surface area (Å²) in [6, 6.07) is 21.7. The number of nitrogens with one attached hydrogen (secondary N) is 1. The molecule has 0 saturated heterocycles. The van der Waals surface area contributed by atoms with E-state index in [4.69, 9.17) is 9.47 Å².